The van der Waals surface area contributed by atoms with Gasteiger partial charge in [-0.3, -0.25) is 14.5 Å². The van der Waals surface area contributed by atoms with Crippen LogP contribution in [0.3, 0.4) is 0 Å². The SMILES string of the molecule is CCC(C)(Br)c1ccc2c3c(cccc13)-c1ccc3c4c(ccc(c14)C2(C)CC)C(=O)N(C)C3=O. The van der Waals surface area contributed by atoms with Crippen molar-refractivity contribution >= 4 is 49.3 Å². The van der Waals surface area contributed by atoms with E-state index in [4.69, 9.17) is 0 Å². The molecule has 0 aromatic heterocycles. The fourth-order valence-corrected chi connectivity index (χ4v) is 6.60. The fourth-order valence-electron chi connectivity index (χ4n) is 6.25. The predicted octanol–water partition coefficient (Wildman–Crippen LogP) is 7.94. The Hall–Kier alpha value is -2.98. The van der Waals surface area contributed by atoms with E-state index in [-0.39, 0.29) is 21.6 Å². The lowest BCUT2D eigenvalue weighted by atomic mass is 9.71. The number of carbonyl (C=O) groups is 2. The molecule has 2 amide bonds. The van der Waals surface area contributed by atoms with E-state index < -0.39 is 0 Å². The summed E-state index contributed by atoms with van der Waals surface area (Å²) in [6.45, 7) is 8.98. The van der Waals surface area contributed by atoms with Crippen molar-refractivity contribution in [3.05, 3.63) is 82.4 Å². The highest BCUT2D eigenvalue weighted by Gasteiger charge is 2.39. The Labute approximate surface area is 214 Å². The lowest BCUT2D eigenvalue weighted by Gasteiger charge is -2.34. The molecule has 0 saturated carbocycles. The third kappa shape index (κ3) is 2.72. The summed E-state index contributed by atoms with van der Waals surface area (Å²) in [4.78, 5) is 27.5. The maximum absolute atomic E-state index is 13.2. The van der Waals surface area contributed by atoms with Gasteiger partial charge in [0, 0.05) is 33.3 Å². The zero-order valence-corrected chi connectivity index (χ0v) is 22.3. The van der Waals surface area contributed by atoms with E-state index in [0.717, 1.165) is 29.2 Å². The summed E-state index contributed by atoms with van der Waals surface area (Å²) in [5, 5.41) is 4.37. The smallest absolute Gasteiger partial charge is 0.261 e. The Kier molecular flexibility index (Phi) is 4.67. The third-order valence-corrected chi connectivity index (χ3v) is 9.67. The highest BCUT2D eigenvalue weighted by molar-refractivity contribution is 9.09. The molecule has 3 nitrogen and oxygen atoms in total. The molecule has 176 valence electrons. The van der Waals surface area contributed by atoms with Crippen molar-refractivity contribution in [1.29, 1.82) is 0 Å². The first kappa shape index (κ1) is 22.5. The van der Waals surface area contributed by atoms with Gasteiger partial charge in [-0.1, -0.05) is 79.2 Å². The van der Waals surface area contributed by atoms with Crippen LogP contribution in [0.15, 0.2) is 54.6 Å². The molecule has 1 heterocycles. The van der Waals surface area contributed by atoms with Gasteiger partial charge in [-0.15, -0.1) is 0 Å². The molecule has 35 heavy (non-hydrogen) atoms. The average Bonchev–Trinajstić information content (AvgIpc) is 2.96. The second-order valence-electron chi connectivity index (χ2n) is 10.4. The summed E-state index contributed by atoms with van der Waals surface area (Å²) in [5.74, 6) is -0.464. The van der Waals surface area contributed by atoms with Crippen molar-refractivity contribution in [3.63, 3.8) is 0 Å². The highest BCUT2D eigenvalue weighted by atomic mass is 79.9. The normalized spacial score (nSPS) is 20.3. The summed E-state index contributed by atoms with van der Waals surface area (Å²) < 4.78 is -0.136. The van der Waals surface area contributed by atoms with Crippen molar-refractivity contribution in [3.8, 4) is 11.1 Å². The van der Waals surface area contributed by atoms with E-state index in [2.05, 4.69) is 86.1 Å². The molecule has 1 aliphatic heterocycles. The van der Waals surface area contributed by atoms with Gasteiger partial charge in [-0.25, -0.2) is 0 Å². The van der Waals surface area contributed by atoms with Crippen LogP contribution in [-0.4, -0.2) is 23.8 Å². The predicted molar refractivity (Wildman–Crippen MR) is 147 cm³/mol. The lowest BCUT2D eigenvalue weighted by molar-refractivity contribution is 0.0650. The van der Waals surface area contributed by atoms with Crippen molar-refractivity contribution in [2.75, 3.05) is 7.05 Å². The second-order valence-corrected chi connectivity index (χ2v) is 12.1. The maximum Gasteiger partial charge on any atom is 0.261 e. The summed E-state index contributed by atoms with van der Waals surface area (Å²) in [7, 11) is 1.57. The lowest BCUT2D eigenvalue weighted by Crippen LogP contribution is -2.37. The van der Waals surface area contributed by atoms with Crippen LogP contribution in [-0.2, 0) is 9.74 Å². The Bertz CT molecular complexity index is 1590. The molecule has 4 aromatic carbocycles. The Balaban J connectivity index is 1.85. The van der Waals surface area contributed by atoms with Crippen LogP contribution in [0.4, 0.5) is 0 Å². The van der Waals surface area contributed by atoms with E-state index in [1.54, 1.807) is 7.05 Å². The first-order chi connectivity index (χ1) is 16.7. The molecule has 4 heteroatoms. The topological polar surface area (TPSA) is 37.4 Å². The molecular weight excluding hydrogens is 498 g/mol. The van der Waals surface area contributed by atoms with E-state index >= 15 is 0 Å². The van der Waals surface area contributed by atoms with Gasteiger partial charge < -0.3 is 0 Å². The van der Waals surface area contributed by atoms with Crippen LogP contribution in [0.5, 0.6) is 0 Å². The molecule has 0 saturated heterocycles. The van der Waals surface area contributed by atoms with E-state index in [1.165, 1.54) is 37.9 Å². The van der Waals surface area contributed by atoms with E-state index in [0.29, 0.717) is 11.1 Å². The molecule has 6 rings (SSSR count). The van der Waals surface area contributed by atoms with Crippen LogP contribution in [0.25, 0.3) is 32.7 Å². The second kappa shape index (κ2) is 7.27. The molecule has 0 spiro atoms. The summed E-state index contributed by atoms with van der Waals surface area (Å²) in [6.07, 6.45) is 1.87. The molecule has 2 unspecified atom stereocenters. The van der Waals surface area contributed by atoms with Gasteiger partial charge in [0.25, 0.3) is 11.8 Å². The monoisotopic (exact) mass is 525 g/mol. The molecule has 0 N–H and O–H groups in total. The number of hydrogen-bond acceptors (Lipinski definition) is 2. The molecular formula is C31H28BrNO2. The largest absolute Gasteiger partial charge is 0.277 e. The zero-order chi connectivity index (χ0) is 24.9. The van der Waals surface area contributed by atoms with Gasteiger partial charge in [0.1, 0.15) is 0 Å². The number of benzene rings is 4. The number of nitrogens with zero attached hydrogens (tertiary/aromatic N) is 1. The minimum Gasteiger partial charge on any atom is -0.277 e. The van der Waals surface area contributed by atoms with Crippen LogP contribution in [0, 0.1) is 0 Å². The number of imide groups is 1. The van der Waals surface area contributed by atoms with Gasteiger partial charge in [0.05, 0.1) is 0 Å². The number of halogens is 1. The molecule has 1 aliphatic carbocycles. The number of amides is 2. The fraction of sp³-hybridized carbons (Fsp3) is 0.290. The first-order valence-electron chi connectivity index (χ1n) is 12.3. The molecule has 2 aliphatic rings. The van der Waals surface area contributed by atoms with Crippen molar-refractivity contribution in [2.24, 2.45) is 0 Å². The highest BCUT2D eigenvalue weighted by Crippen LogP contribution is 2.53. The van der Waals surface area contributed by atoms with Crippen LogP contribution < -0.4 is 0 Å². The van der Waals surface area contributed by atoms with E-state index in [9.17, 15) is 9.59 Å². The van der Waals surface area contributed by atoms with Crippen molar-refractivity contribution in [2.45, 2.75) is 50.3 Å². The molecule has 2 atom stereocenters. The Morgan fingerprint density at radius 3 is 2.03 bits per heavy atom. The minimum absolute atomic E-state index is 0.136. The Morgan fingerprint density at radius 1 is 0.800 bits per heavy atom. The number of alkyl halides is 1. The standard InChI is InChI=1S/C31H28BrNO2/c1-6-30(3)23-16-15-22(31(4,32)7-2)19-10-8-9-17(25(19)23)18-11-12-20-26-21(13-14-24(30)27(18)26)29(35)33(5)28(20)34/h8-16H,6-7H2,1-5H3. The third-order valence-electron chi connectivity index (χ3n) is 8.68. The van der Waals surface area contributed by atoms with Crippen molar-refractivity contribution in [1.82, 2.24) is 4.90 Å². The average molecular weight is 526 g/mol. The molecule has 0 fully saturated rings. The number of carbonyl (C=O) groups excluding carboxylic acids is 2. The molecule has 0 bridgehead atoms. The van der Waals surface area contributed by atoms with Gasteiger partial charge >= 0.3 is 0 Å². The molecule has 4 aromatic rings. The molecule has 0 radical (unpaired) electrons. The summed E-state index contributed by atoms with van der Waals surface area (Å²) in [6, 6.07) is 19.2. The first-order valence-corrected chi connectivity index (χ1v) is 13.1. The number of rotatable bonds is 3. The van der Waals surface area contributed by atoms with Gasteiger partial charge in [0.15, 0.2) is 0 Å². The van der Waals surface area contributed by atoms with Gasteiger partial charge in [-0.2, -0.15) is 0 Å². The number of hydrogen-bond donors (Lipinski definition) is 0. The van der Waals surface area contributed by atoms with E-state index in [1.807, 2.05) is 12.1 Å². The number of fused-ring (bicyclic) bond motifs is 1. The van der Waals surface area contributed by atoms with Crippen molar-refractivity contribution < 1.29 is 9.59 Å². The van der Waals surface area contributed by atoms with Crippen LogP contribution >= 0.6 is 15.9 Å². The minimum atomic E-state index is -0.278. The maximum atomic E-state index is 13.2. The van der Waals surface area contributed by atoms with Gasteiger partial charge in [-0.05, 0) is 75.9 Å². The summed E-state index contributed by atoms with van der Waals surface area (Å²) >= 11 is 4.00. The zero-order valence-electron chi connectivity index (χ0n) is 20.8. The summed E-state index contributed by atoms with van der Waals surface area (Å²) in [5.41, 5.74) is 6.97. The van der Waals surface area contributed by atoms with Gasteiger partial charge in [0.2, 0.25) is 0 Å². The van der Waals surface area contributed by atoms with Crippen LogP contribution in [0.2, 0.25) is 0 Å². The Morgan fingerprint density at radius 2 is 1.37 bits per heavy atom. The quantitative estimate of drug-likeness (QED) is 0.201. The van der Waals surface area contributed by atoms with Crippen LogP contribution in [0.1, 0.15) is 77.9 Å².